The van der Waals surface area contributed by atoms with Gasteiger partial charge in [-0.15, -0.1) is 0 Å². The molecule has 1 aromatic carbocycles. The van der Waals surface area contributed by atoms with Crippen molar-refractivity contribution in [1.82, 2.24) is 14.6 Å². The Morgan fingerprint density at radius 3 is 2.68 bits per heavy atom. The van der Waals surface area contributed by atoms with Crippen LogP contribution < -0.4 is 20.9 Å². The fourth-order valence-electron chi connectivity index (χ4n) is 4.24. The van der Waals surface area contributed by atoms with Crippen molar-refractivity contribution in [3.8, 4) is 5.75 Å². The third-order valence-corrected chi connectivity index (χ3v) is 8.01. The molecule has 1 unspecified atom stereocenters. The topological polar surface area (TPSA) is 167 Å². The summed E-state index contributed by atoms with van der Waals surface area (Å²) in [5.74, 6) is -0.408. The number of aliphatic hydroxyl groups is 1. The van der Waals surface area contributed by atoms with Crippen molar-refractivity contribution in [2.24, 2.45) is 0 Å². The van der Waals surface area contributed by atoms with Gasteiger partial charge in [0.25, 0.3) is 5.56 Å². The Kier molecular flexibility index (Phi) is 8.86. The number of para-hydroxylation sites is 1. The van der Waals surface area contributed by atoms with Crippen LogP contribution in [0.3, 0.4) is 0 Å². The smallest absolute Gasteiger partial charge is 0.459 e. The molecule has 208 valence electrons. The van der Waals surface area contributed by atoms with E-state index in [1.54, 1.807) is 30.3 Å². The molecule has 4 rings (SSSR count). The van der Waals surface area contributed by atoms with E-state index in [0.29, 0.717) is 19.4 Å². The van der Waals surface area contributed by atoms with Crippen molar-refractivity contribution in [2.45, 2.75) is 63.2 Å². The van der Waals surface area contributed by atoms with Gasteiger partial charge in [-0.3, -0.25) is 23.7 Å². The number of unbranched alkanes of at least 4 members (excludes halogenated alkanes) is 1. The molecule has 2 aliphatic rings. The second kappa shape index (κ2) is 11.9. The van der Waals surface area contributed by atoms with Crippen molar-refractivity contribution in [3.63, 3.8) is 0 Å². The number of carbonyl (C=O) groups is 1. The van der Waals surface area contributed by atoms with E-state index in [9.17, 15) is 24.1 Å². The molecule has 2 saturated heterocycles. The summed E-state index contributed by atoms with van der Waals surface area (Å²) in [4.78, 5) is 38.5. The molecule has 0 saturated carbocycles. The number of rotatable bonds is 12. The lowest BCUT2D eigenvalue weighted by atomic mass is 9.86. The van der Waals surface area contributed by atoms with Crippen LogP contribution in [0.2, 0.25) is 0 Å². The quantitative estimate of drug-likeness (QED) is 0.198. The van der Waals surface area contributed by atoms with E-state index in [-0.39, 0.29) is 12.4 Å². The van der Waals surface area contributed by atoms with Gasteiger partial charge in [-0.1, -0.05) is 31.5 Å². The van der Waals surface area contributed by atoms with Gasteiger partial charge in [0.15, 0.2) is 6.23 Å². The molecule has 13 nitrogen and oxygen atoms in total. The number of carbonyl (C=O) groups excluding carboxylic acids is 1. The molecule has 3 heterocycles. The van der Waals surface area contributed by atoms with Crippen LogP contribution in [0.25, 0.3) is 0 Å². The van der Waals surface area contributed by atoms with Gasteiger partial charge in [0.05, 0.1) is 19.8 Å². The Morgan fingerprint density at radius 1 is 1.32 bits per heavy atom. The van der Waals surface area contributed by atoms with Gasteiger partial charge in [-0.2, -0.15) is 5.09 Å². The van der Waals surface area contributed by atoms with Crippen LogP contribution in [0, 0.1) is 0 Å². The molecule has 1 spiro atoms. The molecule has 0 amide bonds. The Balaban J connectivity index is 1.51. The van der Waals surface area contributed by atoms with Gasteiger partial charge < -0.3 is 23.8 Å². The first-order chi connectivity index (χ1) is 18.2. The number of hydrogen-bond donors (Lipinski definition) is 3. The third-order valence-electron chi connectivity index (χ3n) is 6.37. The number of aromatic amines is 1. The summed E-state index contributed by atoms with van der Waals surface area (Å²) in [6, 6.07) is 8.35. The number of ether oxygens (including phenoxy) is 3. The number of H-pyrrole nitrogens is 1. The summed E-state index contributed by atoms with van der Waals surface area (Å²) in [5.41, 5.74) is -2.58. The maximum atomic E-state index is 13.8. The van der Waals surface area contributed by atoms with Gasteiger partial charge in [-0.05, 0) is 25.5 Å². The lowest BCUT2D eigenvalue weighted by molar-refractivity contribution is -0.227. The summed E-state index contributed by atoms with van der Waals surface area (Å²) in [6.07, 6.45) is -0.261. The average molecular weight is 554 g/mol. The van der Waals surface area contributed by atoms with Crippen LogP contribution in [0.4, 0.5) is 0 Å². The summed E-state index contributed by atoms with van der Waals surface area (Å²) in [6.45, 7) is 3.55. The Bertz CT molecular complexity index is 1260. The second-order valence-electron chi connectivity index (χ2n) is 9.11. The van der Waals surface area contributed by atoms with Crippen LogP contribution >= 0.6 is 7.75 Å². The largest absolute Gasteiger partial charge is 0.465 e. The number of nitrogens with one attached hydrogen (secondary N) is 2. The Morgan fingerprint density at radius 2 is 2.05 bits per heavy atom. The van der Waals surface area contributed by atoms with Gasteiger partial charge in [0.1, 0.15) is 29.6 Å². The molecule has 6 atom stereocenters. The van der Waals surface area contributed by atoms with Crippen molar-refractivity contribution < 1.29 is 37.7 Å². The fraction of sp³-hybridized carbons (Fsp3) is 0.542. The normalized spacial score (nSPS) is 26.9. The Labute approximate surface area is 218 Å². The number of benzene rings is 1. The van der Waals surface area contributed by atoms with E-state index in [1.807, 2.05) is 6.92 Å². The monoisotopic (exact) mass is 553 g/mol. The Hall–Kier alpha value is -2.80. The minimum absolute atomic E-state index is 0.222. The molecule has 0 aliphatic carbocycles. The number of aliphatic hydroxyl groups excluding tert-OH is 1. The number of nitrogens with zero attached hydrogens (tertiary/aromatic N) is 1. The first kappa shape index (κ1) is 28.2. The van der Waals surface area contributed by atoms with Crippen LogP contribution in [0.15, 0.2) is 52.2 Å². The van der Waals surface area contributed by atoms with Gasteiger partial charge >= 0.3 is 19.4 Å². The first-order valence-corrected chi connectivity index (χ1v) is 13.9. The lowest BCUT2D eigenvalue weighted by Crippen LogP contribution is -2.57. The molecule has 3 N–H and O–H groups in total. The molecule has 0 radical (unpaired) electrons. The van der Waals surface area contributed by atoms with Crippen LogP contribution in [-0.4, -0.2) is 64.3 Å². The SMILES string of the molecule is CCCCOC(=O)[C@H](C)N[P@@](=O)(OC[C@H]1OC(n2ccc(=O)[nH]c2=O)[C@@]2(CCO2)[C@@H]1O)Oc1ccccc1. The van der Waals surface area contributed by atoms with Crippen molar-refractivity contribution in [2.75, 3.05) is 19.8 Å². The van der Waals surface area contributed by atoms with E-state index in [2.05, 4.69) is 10.1 Å². The van der Waals surface area contributed by atoms with Crippen molar-refractivity contribution in [1.29, 1.82) is 0 Å². The zero-order valence-electron chi connectivity index (χ0n) is 21.1. The molecule has 0 bridgehead atoms. The number of esters is 1. The van der Waals surface area contributed by atoms with Crippen LogP contribution in [0.1, 0.15) is 39.3 Å². The van der Waals surface area contributed by atoms with Crippen LogP contribution in [-0.2, 0) is 28.1 Å². The summed E-state index contributed by atoms with van der Waals surface area (Å²) in [7, 11) is -4.21. The van der Waals surface area contributed by atoms with Crippen LogP contribution in [0.5, 0.6) is 5.75 Å². The zero-order valence-corrected chi connectivity index (χ0v) is 22.0. The van der Waals surface area contributed by atoms with Crippen molar-refractivity contribution >= 4 is 13.7 Å². The lowest BCUT2D eigenvalue weighted by Gasteiger charge is -2.44. The highest BCUT2D eigenvalue weighted by Gasteiger charge is 2.62. The molecule has 2 fully saturated rings. The maximum absolute atomic E-state index is 13.8. The highest BCUT2D eigenvalue weighted by molar-refractivity contribution is 7.52. The standard InChI is InChI=1S/C24H32N3O10P/c1-3-4-13-33-21(30)16(2)26-38(32,37-17-8-6-5-7-9-17)35-15-18-20(29)24(11-14-34-24)22(36-18)27-12-10-19(28)25-23(27)31/h5-10,12,16,18,20,22,29H,3-4,11,13-15H2,1-2H3,(H,26,32)(H,25,28,31)/t16-,18+,20+,22?,24+,38+/m0/s1. The average Bonchev–Trinajstić information content (AvgIpc) is 3.15. The molecule has 1 aromatic heterocycles. The van der Waals surface area contributed by atoms with Crippen molar-refractivity contribution in [3.05, 3.63) is 63.4 Å². The summed E-state index contributed by atoms with van der Waals surface area (Å²) in [5, 5.41) is 13.7. The number of hydrogen-bond acceptors (Lipinski definition) is 10. The molecule has 2 aromatic rings. The fourth-order valence-corrected chi connectivity index (χ4v) is 5.74. The number of aromatic nitrogens is 2. The minimum Gasteiger partial charge on any atom is -0.465 e. The highest BCUT2D eigenvalue weighted by Crippen LogP contribution is 2.50. The summed E-state index contributed by atoms with van der Waals surface area (Å²) < 4.78 is 43.0. The molecule has 14 heteroatoms. The maximum Gasteiger partial charge on any atom is 0.459 e. The zero-order chi connectivity index (χ0) is 27.3. The van der Waals surface area contributed by atoms with E-state index in [0.717, 1.165) is 17.1 Å². The minimum atomic E-state index is -4.21. The van der Waals surface area contributed by atoms with E-state index in [4.69, 9.17) is 23.3 Å². The van der Waals surface area contributed by atoms with E-state index >= 15 is 0 Å². The molecular formula is C24H32N3O10P. The van der Waals surface area contributed by atoms with E-state index in [1.165, 1.54) is 13.1 Å². The predicted octanol–water partition coefficient (Wildman–Crippen LogP) is 1.48. The second-order valence-corrected chi connectivity index (χ2v) is 10.8. The van der Waals surface area contributed by atoms with Gasteiger partial charge in [0.2, 0.25) is 0 Å². The first-order valence-electron chi connectivity index (χ1n) is 12.4. The molecule has 38 heavy (non-hydrogen) atoms. The molecule has 2 aliphatic heterocycles. The third kappa shape index (κ3) is 6.09. The van der Waals surface area contributed by atoms with Gasteiger partial charge in [-0.25, -0.2) is 9.36 Å². The van der Waals surface area contributed by atoms with E-state index < -0.39 is 61.7 Å². The highest BCUT2D eigenvalue weighted by atomic mass is 31.2. The van der Waals surface area contributed by atoms with Gasteiger partial charge in [0, 0.05) is 18.7 Å². The predicted molar refractivity (Wildman–Crippen MR) is 134 cm³/mol. The molecular weight excluding hydrogens is 521 g/mol. The summed E-state index contributed by atoms with van der Waals surface area (Å²) >= 11 is 0.